The van der Waals surface area contributed by atoms with Gasteiger partial charge in [-0.3, -0.25) is 0 Å². The molecule has 0 aromatic heterocycles. The molecule has 0 bridgehead atoms. The van der Waals surface area contributed by atoms with E-state index in [0.717, 1.165) is 12.1 Å². The lowest BCUT2D eigenvalue weighted by Gasteiger charge is -2.13. The van der Waals surface area contributed by atoms with Gasteiger partial charge in [0.15, 0.2) is 11.5 Å². The first-order chi connectivity index (χ1) is 9.56. The maximum atomic E-state index is 12.1. The molecule has 1 aliphatic rings. The molecule has 0 aliphatic carbocycles. The molecule has 2 rings (SSSR count). The molecule has 0 amide bonds. The molecular weight excluding hydrogens is 280 g/mol. The first kappa shape index (κ1) is 15.1. The van der Waals surface area contributed by atoms with Crippen molar-refractivity contribution in [1.82, 2.24) is 10.0 Å². The summed E-state index contributed by atoms with van der Waals surface area (Å²) in [5.74, 6) is 1.21. The smallest absolute Gasteiger partial charge is 0.216 e. The first-order valence-electron chi connectivity index (χ1n) is 6.47. The van der Waals surface area contributed by atoms with Crippen LogP contribution in [0, 0.1) is 0 Å². The fourth-order valence-electron chi connectivity index (χ4n) is 2.19. The Morgan fingerprint density at radius 3 is 2.65 bits per heavy atom. The molecule has 0 radical (unpaired) electrons. The van der Waals surface area contributed by atoms with Gasteiger partial charge in [0.25, 0.3) is 0 Å². The number of methoxy groups -OCH3 is 2. The molecule has 20 heavy (non-hydrogen) atoms. The normalized spacial score (nSPS) is 19.0. The van der Waals surface area contributed by atoms with Crippen molar-refractivity contribution in [1.29, 1.82) is 0 Å². The highest BCUT2D eigenvalue weighted by Crippen LogP contribution is 2.27. The van der Waals surface area contributed by atoms with Crippen molar-refractivity contribution >= 4 is 10.0 Å². The summed E-state index contributed by atoms with van der Waals surface area (Å²) in [6.07, 6.45) is 0.654. The van der Waals surface area contributed by atoms with Gasteiger partial charge in [0, 0.05) is 13.1 Å². The average Bonchev–Trinajstić information content (AvgIpc) is 3.00. The highest BCUT2D eigenvalue weighted by Gasteiger charge is 2.28. The fourth-order valence-corrected chi connectivity index (χ4v) is 3.55. The quantitative estimate of drug-likeness (QED) is 0.799. The second-order valence-corrected chi connectivity index (χ2v) is 6.72. The van der Waals surface area contributed by atoms with Crippen molar-refractivity contribution < 1.29 is 17.9 Å². The summed E-state index contributed by atoms with van der Waals surface area (Å²) >= 11 is 0. The maximum absolute atomic E-state index is 12.1. The second-order valence-electron chi connectivity index (χ2n) is 4.67. The van der Waals surface area contributed by atoms with Crippen LogP contribution in [-0.2, 0) is 16.6 Å². The lowest BCUT2D eigenvalue weighted by Crippen LogP contribution is -2.35. The Morgan fingerprint density at radius 1 is 1.30 bits per heavy atom. The van der Waals surface area contributed by atoms with Crippen LogP contribution < -0.4 is 19.5 Å². The number of hydrogen-bond acceptors (Lipinski definition) is 5. The molecule has 7 heteroatoms. The lowest BCUT2D eigenvalue weighted by molar-refractivity contribution is 0.354. The third-order valence-corrected chi connectivity index (χ3v) is 5.21. The van der Waals surface area contributed by atoms with Crippen molar-refractivity contribution in [2.24, 2.45) is 0 Å². The van der Waals surface area contributed by atoms with Crippen LogP contribution >= 0.6 is 0 Å². The lowest BCUT2D eigenvalue weighted by atomic mass is 10.2. The van der Waals surface area contributed by atoms with E-state index in [-0.39, 0.29) is 11.8 Å². The zero-order valence-electron chi connectivity index (χ0n) is 11.7. The zero-order chi connectivity index (χ0) is 14.6. The van der Waals surface area contributed by atoms with E-state index in [2.05, 4.69) is 10.0 Å². The minimum Gasteiger partial charge on any atom is -0.493 e. The molecule has 6 nitrogen and oxygen atoms in total. The summed E-state index contributed by atoms with van der Waals surface area (Å²) in [7, 11) is -0.164. The predicted octanol–water partition coefficient (Wildman–Crippen LogP) is 0.485. The molecule has 0 saturated carbocycles. The third kappa shape index (κ3) is 3.41. The van der Waals surface area contributed by atoms with Crippen molar-refractivity contribution in [2.45, 2.75) is 18.2 Å². The van der Waals surface area contributed by atoms with Gasteiger partial charge in [0.1, 0.15) is 0 Å². The van der Waals surface area contributed by atoms with Crippen LogP contribution in [-0.4, -0.2) is 41.0 Å². The molecule has 0 spiro atoms. The Morgan fingerprint density at radius 2 is 2.05 bits per heavy atom. The largest absolute Gasteiger partial charge is 0.493 e. The van der Waals surface area contributed by atoms with Gasteiger partial charge in [-0.05, 0) is 30.7 Å². The molecule has 2 N–H and O–H groups in total. The Kier molecular flexibility index (Phi) is 4.85. The van der Waals surface area contributed by atoms with Crippen molar-refractivity contribution in [2.75, 3.05) is 27.3 Å². The topological polar surface area (TPSA) is 76.7 Å². The van der Waals surface area contributed by atoms with Crippen LogP contribution in [0.4, 0.5) is 0 Å². The van der Waals surface area contributed by atoms with Gasteiger partial charge in [-0.25, -0.2) is 13.1 Å². The number of hydrogen-bond donors (Lipinski definition) is 2. The molecule has 1 saturated heterocycles. The Labute approximate surface area is 119 Å². The monoisotopic (exact) mass is 300 g/mol. The van der Waals surface area contributed by atoms with Crippen LogP contribution in [0.25, 0.3) is 0 Å². The van der Waals surface area contributed by atoms with Gasteiger partial charge in [0.2, 0.25) is 10.0 Å². The molecule has 1 aromatic carbocycles. The van der Waals surface area contributed by atoms with E-state index in [0.29, 0.717) is 24.5 Å². The minimum atomic E-state index is -3.28. The minimum absolute atomic E-state index is 0.249. The summed E-state index contributed by atoms with van der Waals surface area (Å²) in [4.78, 5) is 0. The number of ether oxygens (including phenoxy) is 2. The molecular formula is C13H20N2O4S. The molecule has 1 atom stereocenters. The number of sulfonamides is 1. The summed E-state index contributed by atoms with van der Waals surface area (Å²) in [5, 5.41) is 2.71. The molecule has 1 aromatic rings. The summed E-state index contributed by atoms with van der Waals surface area (Å²) in [6.45, 7) is 1.52. The van der Waals surface area contributed by atoms with E-state index >= 15 is 0 Å². The molecule has 1 fully saturated rings. The van der Waals surface area contributed by atoms with Gasteiger partial charge in [-0.2, -0.15) is 0 Å². The molecule has 112 valence electrons. The predicted molar refractivity (Wildman–Crippen MR) is 76.6 cm³/mol. The maximum Gasteiger partial charge on any atom is 0.216 e. The standard InChI is InChI=1S/C13H20N2O4S/c1-18-12-4-3-10(7-13(12)19-2)8-15-20(16,17)11-5-6-14-9-11/h3-4,7,11,14-15H,5-6,8-9H2,1-2H3. The van der Waals surface area contributed by atoms with Gasteiger partial charge in [0.05, 0.1) is 19.5 Å². The SMILES string of the molecule is COc1ccc(CNS(=O)(=O)C2CCNC2)cc1OC. The highest BCUT2D eigenvalue weighted by molar-refractivity contribution is 7.90. The molecule has 1 unspecified atom stereocenters. The molecule has 1 heterocycles. The number of rotatable bonds is 6. The van der Waals surface area contributed by atoms with Gasteiger partial charge in [-0.15, -0.1) is 0 Å². The van der Waals surface area contributed by atoms with Crippen molar-refractivity contribution in [3.8, 4) is 11.5 Å². The van der Waals surface area contributed by atoms with Crippen LogP contribution in [0.5, 0.6) is 11.5 Å². The van der Waals surface area contributed by atoms with Crippen LogP contribution in [0.2, 0.25) is 0 Å². The Balaban J connectivity index is 2.03. The second kappa shape index (κ2) is 6.43. The Hall–Kier alpha value is -1.31. The number of nitrogens with one attached hydrogen (secondary N) is 2. The van der Waals surface area contributed by atoms with E-state index in [1.165, 1.54) is 0 Å². The van der Waals surface area contributed by atoms with Gasteiger partial charge < -0.3 is 14.8 Å². The van der Waals surface area contributed by atoms with Gasteiger partial charge in [-0.1, -0.05) is 6.07 Å². The van der Waals surface area contributed by atoms with Gasteiger partial charge >= 0.3 is 0 Å². The van der Waals surface area contributed by atoms with Crippen molar-refractivity contribution in [3.05, 3.63) is 23.8 Å². The Bertz CT molecular complexity index is 553. The molecule has 1 aliphatic heterocycles. The van der Waals surface area contributed by atoms with Crippen LogP contribution in [0.15, 0.2) is 18.2 Å². The summed E-state index contributed by atoms with van der Waals surface area (Å²) in [5.41, 5.74) is 0.831. The van der Waals surface area contributed by atoms with Crippen molar-refractivity contribution in [3.63, 3.8) is 0 Å². The summed E-state index contributed by atoms with van der Waals surface area (Å²) in [6, 6.07) is 5.35. The first-order valence-corrected chi connectivity index (χ1v) is 8.01. The highest BCUT2D eigenvalue weighted by atomic mass is 32.2. The van der Waals surface area contributed by atoms with Crippen LogP contribution in [0.1, 0.15) is 12.0 Å². The van der Waals surface area contributed by atoms with E-state index in [4.69, 9.17) is 9.47 Å². The zero-order valence-corrected chi connectivity index (χ0v) is 12.5. The number of benzene rings is 1. The fraction of sp³-hybridized carbons (Fsp3) is 0.538. The third-order valence-electron chi connectivity index (χ3n) is 3.38. The average molecular weight is 300 g/mol. The van der Waals surface area contributed by atoms with E-state index in [1.54, 1.807) is 26.4 Å². The van der Waals surface area contributed by atoms with E-state index in [1.807, 2.05) is 6.07 Å². The summed E-state index contributed by atoms with van der Waals surface area (Å²) < 4.78 is 37.1. The van der Waals surface area contributed by atoms with Crippen LogP contribution in [0.3, 0.4) is 0 Å². The van der Waals surface area contributed by atoms with E-state index in [9.17, 15) is 8.42 Å². The van der Waals surface area contributed by atoms with E-state index < -0.39 is 10.0 Å².